The van der Waals surface area contributed by atoms with E-state index in [4.69, 9.17) is 0 Å². The van der Waals surface area contributed by atoms with E-state index in [1.165, 1.54) is 0 Å². The van der Waals surface area contributed by atoms with E-state index in [0.29, 0.717) is 6.04 Å². The first-order valence-electron chi connectivity index (χ1n) is 7.43. The molecule has 1 aromatic rings. The lowest BCUT2D eigenvalue weighted by molar-refractivity contribution is -0.134. The molecule has 1 aromatic heterocycles. The topological polar surface area (TPSA) is 19.4 Å². The Kier molecular flexibility index (Phi) is 3.82. The van der Waals surface area contributed by atoms with Gasteiger partial charge in [0.1, 0.15) is 5.82 Å². The van der Waals surface area contributed by atoms with E-state index >= 15 is 0 Å². The molecule has 1 saturated heterocycles. The number of hydrogen-bond donors (Lipinski definition) is 0. The van der Waals surface area contributed by atoms with Gasteiger partial charge in [0, 0.05) is 38.3 Å². The number of piperazine rings is 1. The zero-order valence-corrected chi connectivity index (χ0v) is 12.2. The first-order valence-corrected chi connectivity index (χ1v) is 7.43. The van der Waals surface area contributed by atoms with Crippen LogP contribution in [0.4, 0.5) is 19.0 Å². The number of likely N-dealkylation sites (N-methyl/N-ethyl adjacent to an activating group) is 1. The van der Waals surface area contributed by atoms with E-state index in [2.05, 4.69) is 21.8 Å². The summed E-state index contributed by atoms with van der Waals surface area (Å²) in [6, 6.07) is 2.20. The molecule has 116 valence electrons. The van der Waals surface area contributed by atoms with Gasteiger partial charge < -0.3 is 9.80 Å². The van der Waals surface area contributed by atoms with Crippen LogP contribution in [0, 0.1) is 0 Å². The van der Waals surface area contributed by atoms with Crippen molar-refractivity contribution in [2.45, 2.75) is 37.9 Å². The highest BCUT2D eigenvalue weighted by molar-refractivity contribution is 5.54. The van der Waals surface area contributed by atoms with Crippen molar-refractivity contribution in [1.29, 1.82) is 0 Å². The summed E-state index contributed by atoms with van der Waals surface area (Å²) in [4.78, 5) is 9.05. The summed E-state index contributed by atoms with van der Waals surface area (Å²) in [6.45, 7) is 2.89. The van der Waals surface area contributed by atoms with Crippen molar-refractivity contribution < 1.29 is 13.2 Å². The van der Waals surface area contributed by atoms with Crippen LogP contribution in [-0.4, -0.2) is 48.8 Å². The summed E-state index contributed by atoms with van der Waals surface area (Å²) in [5.41, 5.74) is 1.84. The second-order valence-electron chi connectivity index (χ2n) is 6.04. The first-order chi connectivity index (χ1) is 9.94. The van der Waals surface area contributed by atoms with Gasteiger partial charge in [0.2, 0.25) is 0 Å². The van der Waals surface area contributed by atoms with Crippen LogP contribution in [0.15, 0.2) is 12.3 Å². The Bertz CT molecular complexity index is 515. The average molecular weight is 299 g/mol. The van der Waals surface area contributed by atoms with Crippen molar-refractivity contribution in [2.24, 2.45) is 0 Å². The average Bonchev–Trinajstić information content (AvgIpc) is 2.43. The van der Waals surface area contributed by atoms with E-state index < -0.39 is 12.6 Å². The molecular formula is C15H20F3N3. The van der Waals surface area contributed by atoms with Crippen molar-refractivity contribution in [3.8, 4) is 0 Å². The molecule has 6 heteroatoms. The molecule has 1 atom stereocenters. The van der Waals surface area contributed by atoms with Gasteiger partial charge in [-0.2, -0.15) is 13.2 Å². The molecule has 0 bridgehead atoms. The summed E-state index contributed by atoms with van der Waals surface area (Å²) in [5, 5.41) is 0. The molecule has 0 saturated carbocycles. The highest BCUT2D eigenvalue weighted by Crippen LogP contribution is 2.34. The number of halogens is 3. The van der Waals surface area contributed by atoms with Crippen LogP contribution in [0.2, 0.25) is 0 Å². The third-order valence-electron chi connectivity index (χ3n) is 4.49. The molecule has 3 rings (SSSR count). The molecule has 3 heterocycles. The fourth-order valence-corrected chi connectivity index (χ4v) is 3.40. The molecule has 0 spiro atoms. The summed E-state index contributed by atoms with van der Waals surface area (Å²) < 4.78 is 37.4. The molecule has 1 fully saturated rings. The van der Waals surface area contributed by atoms with E-state index in [0.717, 1.165) is 49.4 Å². The van der Waals surface area contributed by atoms with Crippen LogP contribution < -0.4 is 4.90 Å². The molecule has 0 amide bonds. The number of alkyl halides is 3. The molecule has 21 heavy (non-hydrogen) atoms. The summed E-state index contributed by atoms with van der Waals surface area (Å²) >= 11 is 0. The van der Waals surface area contributed by atoms with Crippen molar-refractivity contribution in [3.05, 3.63) is 23.4 Å². The zero-order chi connectivity index (χ0) is 15.0. The van der Waals surface area contributed by atoms with Gasteiger partial charge in [-0.3, -0.25) is 0 Å². The SMILES string of the molecule is CN1CCN2c3nccc(CCC(F)(F)F)c3CC[C@@H]2C1. The first kappa shape index (κ1) is 14.6. The Balaban J connectivity index is 1.83. The highest BCUT2D eigenvalue weighted by atomic mass is 19.4. The van der Waals surface area contributed by atoms with Gasteiger partial charge in [0.25, 0.3) is 0 Å². The molecule has 2 aliphatic heterocycles. The molecule has 0 aliphatic carbocycles. The maximum Gasteiger partial charge on any atom is 0.389 e. The van der Waals surface area contributed by atoms with Gasteiger partial charge in [-0.25, -0.2) is 4.98 Å². The maximum atomic E-state index is 12.5. The van der Waals surface area contributed by atoms with Gasteiger partial charge in [-0.15, -0.1) is 0 Å². The van der Waals surface area contributed by atoms with Crippen LogP contribution in [0.25, 0.3) is 0 Å². The molecule has 0 unspecified atom stereocenters. The number of aromatic nitrogens is 1. The van der Waals surface area contributed by atoms with Crippen LogP contribution in [0.5, 0.6) is 0 Å². The Morgan fingerprint density at radius 1 is 1.33 bits per heavy atom. The third kappa shape index (κ3) is 3.15. The van der Waals surface area contributed by atoms with Gasteiger partial charge >= 0.3 is 6.18 Å². The Morgan fingerprint density at radius 2 is 2.14 bits per heavy atom. The standard InChI is InChI=1S/C15H20F3N3/c1-20-8-9-21-12(10-20)2-3-13-11(4-6-15(16,17)18)5-7-19-14(13)21/h5,7,12H,2-4,6,8-10H2,1H3/t12-/m1/s1. The number of nitrogens with zero attached hydrogens (tertiary/aromatic N) is 3. The van der Waals surface area contributed by atoms with Crippen molar-refractivity contribution in [3.63, 3.8) is 0 Å². The predicted octanol–water partition coefficient (Wildman–Crippen LogP) is 2.64. The van der Waals surface area contributed by atoms with Crippen molar-refractivity contribution in [1.82, 2.24) is 9.88 Å². The number of anilines is 1. The van der Waals surface area contributed by atoms with Crippen LogP contribution in [0.3, 0.4) is 0 Å². The summed E-state index contributed by atoms with van der Waals surface area (Å²) in [7, 11) is 2.11. The largest absolute Gasteiger partial charge is 0.389 e. The Labute approximate surface area is 122 Å². The second-order valence-corrected chi connectivity index (χ2v) is 6.04. The van der Waals surface area contributed by atoms with E-state index in [-0.39, 0.29) is 6.42 Å². The number of aryl methyl sites for hydroxylation is 1. The Morgan fingerprint density at radius 3 is 2.90 bits per heavy atom. The number of hydrogen-bond acceptors (Lipinski definition) is 3. The summed E-state index contributed by atoms with van der Waals surface area (Å²) in [5.74, 6) is 0.916. The molecular weight excluding hydrogens is 279 g/mol. The van der Waals surface area contributed by atoms with Crippen LogP contribution in [-0.2, 0) is 12.8 Å². The minimum atomic E-state index is -4.10. The maximum absolute atomic E-state index is 12.5. The van der Waals surface area contributed by atoms with Gasteiger partial charge in [0.05, 0.1) is 0 Å². The van der Waals surface area contributed by atoms with Crippen LogP contribution in [0.1, 0.15) is 24.0 Å². The zero-order valence-electron chi connectivity index (χ0n) is 12.2. The highest BCUT2D eigenvalue weighted by Gasteiger charge is 2.33. The smallest absolute Gasteiger partial charge is 0.351 e. The van der Waals surface area contributed by atoms with Crippen molar-refractivity contribution >= 4 is 5.82 Å². The number of rotatable bonds is 2. The fraction of sp³-hybridized carbons (Fsp3) is 0.667. The lowest BCUT2D eigenvalue weighted by atomic mass is 9.92. The summed E-state index contributed by atoms with van der Waals surface area (Å²) in [6.07, 6.45) is -1.29. The van der Waals surface area contributed by atoms with Gasteiger partial charge in [0.15, 0.2) is 0 Å². The molecule has 2 aliphatic rings. The molecule has 0 radical (unpaired) electrons. The van der Waals surface area contributed by atoms with E-state index in [1.807, 2.05) is 0 Å². The minimum absolute atomic E-state index is 0.0623. The quantitative estimate of drug-likeness (QED) is 0.837. The molecule has 3 nitrogen and oxygen atoms in total. The predicted molar refractivity (Wildman–Crippen MR) is 75.6 cm³/mol. The lowest BCUT2D eigenvalue weighted by Gasteiger charge is -2.44. The monoisotopic (exact) mass is 299 g/mol. The number of fused-ring (bicyclic) bond motifs is 3. The molecule has 0 aromatic carbocycles. The van der Waals surface area contributed by atoms with Crippen molar-refractivity contribution in [2.75, 3.05) is 31.6 Å². The van der Waals surface area contributed by atoms with Gasteiger partial charge in [-0.05, 0) is 43.5 Å². The van der Waals surface area contributed by atoms with Gasteiger partial charge in [-0.1, -0.05) is 0 Å². The third-order valence-corrected chi connectivity index (χ3v) is 4.49. The minimum Gasteiger partial charge on any atom is -0.351 e. The Hall–Kier alpha value is -1.30. The molecule has 0 N–H and O–H groups in total. The van der Waals surface area contributed by atoms with E-state index in [1.54, 1.807) is 12.3 Å². The second kappa shape index (κ2) is 5.48. The fourth-order valence-electron chi connectivity index (χ4n) is 3.40. The normalized spacial score (nSPS) is 22.9. The lowest BCUT2D eigenvalue weighted by Crippen LogP contribution is -2.54. The van der Waals surface area contributed by atoms with E-state index in [9.17, 15) is 13.2 Å². The van der Waals surface area contributed by atoms with Crippen LogP contribution >= 0.6 is 0 Å². The number of pyridine rings is 1.